The first-order valence-corrected chi connectivity index (χ1v) is 11.6. The Labute approximate surface area is 173 Å². The Morgan fingerprint density at radius 3 is 2.83 bits per heavy atom. The molecule has 0 saturated carbocycles. The van der Waals surface area contributed by atoms with Gasteiger partial charge in [-0.25, -0.2) is 4.98 Å². The first kappa shape index (κ1) is 20.0. The van der Waals surface area contributed by atoms with Gasteiger partial charge in [0.15, 0.2) is 0 Å². The van der Waals surface area contributed by atoms with E-state index in [1.54, 1.807) is 0 Å². The number of benzene rings is 2. The van der Waals surface area contributed by atoms with Crippen molar-refractivity contribution in [1.29, 1.82) is 0 Å². The first-order valence-electron chi connectivity index (χ1n) is 9.93. The highest BCUT2D eigenvalue weighted by Crippen LogP contribution is 2.51. The summed E-state index contributed by atoms with van der Waals surface area (Å²) in [5, 5.41) is 4.64. The molecule has 154 valence electrons. The lowest BCUT2D eigenvalue weighted by atomic mass is 10.1. The number of fused-ring (bicyclic) bond motifs is 2. The summed E-state index contributed by atoms with van der Waals surface area (Å²) in [6, 6.07) is 15.8. The van der Waals surface area contributed by atoms with Crippen molar-refractivity contribution in [2.45, 2.75) is 24.8 Å². The molecule has 0 radical (unpaired) electrons. The Bertz CT molecular complexity index is 1020. The Hall–Kier alpha value is -2.32. The molecule has 0 aliphatic carbocycles. The molecule has 29 heavy (non-hydrogen) atoms. The second kappa shape index (κ2) is 8.20. The van der Waals surface area contributed by atoms with Gasteiger partial charge in [0.05, 0.1) is 16.2 Å². The van der Waals surface area contributed by atoms with Gasteiger partial charge in [-0.3, -0.25) is 9.11 Å². The van der Waals surface area contributed by atoms with E-state index in [4.69, 9.17) is 10.7 Å². The van der Waals surface area contributed by atoms with Crippen LogP contribution in [0.4, 0.5) is 11.5 Å². The van der Waals surface area contributed by atoms with Crippen LogP contribution in [0, 0.1) is 6.92 Å². The van der Waals surface area contributed by atoms with Gasteiger partial charge >= 0.3 is 0 Å². The molecule has 0 bridgehead atoms. The van der Waals surface area contributed by atoms with Crippen LogP contribution in [0.15, 0.2) is 53.4 Å². The Kier molecular flexibility index (Phi) is 5.65. The van der Waals surface area contributed by atoms with Gasteiger partial charge in [0.2, 0.25) is 0 Å². The number of hydrogen-bond donors (Lipinski definition) is 4. The molecule has 2 heterocycles. The van der Waals surface area contributed by atoms with Crippen molar-refractivity contribution in [3.8, 4) is 0 Å². The third kappa shape index (κ3) is 4.04. The second-order valence-electron chi connectivity index (χ2n) is 7.47. The number of pyridine rings is 1. The quantitative estimate of drug-likeness (QED) is 0.463. The number of aromatic nitrogens is 1. The van der Waals surface area contributed by atoms with E-state index in [2.05, 4.69) is 29.3 Å². The lowest BCUT2D eigenvalue weighted by Crippen LogP contribution is -2.26. The van der Waals surface area contributed by atoms with E-state index in [1.807, 2.05) is 36.4 Å². The van der Waals surface area contributed by atoms with Crippen LogP contribution in [0.3, 0.4) is 0 Å². The monoisotopic (exact) mass is 412 g/mol. The molecule has 1 aliphatic heterocycles. The highest BCUT2D eigenvalue weighted by molar-refractivity contribution is 8.24. The molecule has 0 unspecified atom stereocenters. The maximum Gasteiger partial charge on any atom is 0.131 e. The van der Waals surface area contributed by atoms with Crippen LogP contribution < -0.4 is 16.0 Å². The predicted molar refractivity (Wildman–Crippen MR) is 122 cm³/mol. The van der Waals surface area contributed by atoms with Crippen molar-refractivity contribution in [2.24, 2.45) is 5.73 Å². The first-order chi connectivity index (χ1) is 14.0. The van der Waals surface area contributed by atoms with Crippen molar-refractivity contribution < 1.29 is 9.11 Å². The fraction of sp³-hybridized carbons (Fsp3) is 0.318. The van der Waals surface area contributed by atoms with E-state index in [-0.39, 0.29) is 0 Å². The van der Waals surface area contributed by atoms with E-state index >= 15 is 0 Å². The molecule has 0 spiro atoms. The minimum absolute atomic E-state index is 0.299. The van der Waals surface area contributed by atoms with E-state index in [1.165, 1.54) is 5.56 Å². The highest BCUT2D eigenvalue weighted by atomic mass is 32.3. The summed E-state index contributed by atoms with van der Waals surface area (Å²) in [6.07, 6.45) is 0.892. The van der Waals surface area contributed by atoms with E-state index < -0.39 is 10.6 Å². The molecule has 7 heteroatoms. The maximum atomic E-state index is 10.6. The van der Waals surface area contributed by atoms with Gasteiger partial charge in [-0.2, -0.15) is 10.6 Å². The third-order valence-corrected chi connectivity index (χ3v) is 7.24. The lowest BCUT2D eigenvalue weighted by molar-refractivity contribution is 0.488. The number of anilines is 2. The second-order valence-corrected chi connectivity index (χ2v) is 9.65. The van der Waals surface area contributed by atoms with Crippen LogP contribution in [-0.2, 0) is 6.54 Å². The van der Waals surface area contributed by atoms with E-state index in [9.17, 15) is 9.11 Å². The van der Waals surface area contributed by atoms with Crippen LogP contribution in [0.2, 0.25) is 0 Å². The van der Waals surface area contributed by atoms with Gasteiger partial charge in [-0.05, 0) is 43.1 Å². The van der Waals surface area contributed by atoms with Crippen LogP contribution in [0.5, 0.6) is 0 Å². The molecule has 2 aromatic carbocycles. The molecule has 5 N–H and O–H groups in total. The number of aryl methyl sites for hydroxylation is 1. The summed E-state index contributed by atoms with van der Waals surface area (Å²) in [5.74, 6) is 1.14. The fourth-order valence-electron chi connectivity index (χ4n) is 3.86. The Balaban J connectivity index is 1.76. The summed E-state index contributed by atoms with van der Waals surface area (Å²) >= 11 is 0. The van der Waals surface area contributed by atoms with Gasteiger partial charge in [-0.15, -0.1) is 0 Å². The van der Waals surface area contributed by atoms with Crippen LogP contribution in [0.25, 0.3) is 10.9 Å². The van der Waals surface area contributed by atoms with Crippen molar-refractivity contribution in [2.75, 3.05) is 35.6 Å². The lowest BCUT2D eigenvalue weighted by Gasteiger charge is -2.32. The minimum Gasteiger partial charge on any atom is -0.384 e. The van der Waals surface area contributed by atoms with Gasteiger partial charge in [0, 0.05) is 36.8 Å². The molecular formula is C22H28N4O2S. The smallest absolute Gasteiger partial charge is 0.131 e. The number of nitrogens with one attached hydrogen (secondary N) is 1. The van der Waals surface area contributed by atoms with Crippen LogP contribution in [-0.4, -0.2) is 39.5 Å². The molecule has 0 amide bonds. The molecule has 6 nitrogen and oxygen atoms in total. The molecule has 4 rings (SSSR count). The van der Waals surface area contributed by atoms with E-state index in [0.717, 1.165) is 40.9 Å². The zero-order valence-corrected chi connectivity index (χ0v) is 17.5. The SMILES string of the molecule is Cc1cccc2nc(N3CCS(O)(O)c4ccccc4C3)cc(NCCCN)c12. The van der Waals surface area contributed by atoms with Gasteiger partial charge in [0.25, 0.3) is 0 Å². The number of hydrogen-bond acceptors (Lipinski definition) is 6. The average molecular weight is 413 g/mol. The third-order valence-electron chi connectivity index (χ3n) is 5.38. The molecular weight excluding hydrogens is 384 g/mol. The summed E-state index contributed by atoms with van der Waals surface area (Å²) in [7, 11) is -2.80. The largest absolute Gasteiger partial charge is 0.384 e. The normalized spacial score (nSPS) is 16.9. The molecule has 0 atom stereocenters. The summed E-state index contributed by atoms with van der Waals surface area (Å²) in [6.45, 7) is 4.66. The van der Waals surface area contributed by atoms with Crippen LogP contribution >= 0.6 is 10.6 Å². The number of nitrogens with two attached hydrogens (primary N) is 1. The minimum atomic E-state index is -2.80. The molecule has 0 fully saturated rings. The van der Waals surface area contributed by atoms with Gasteiger partial charge in [0.1, 0.15) is 5.82 Å². The van der Waals surface area contributed by atoms with Gasteiger partial charge < -0.3 is 16.0 Å². The number of rotatable bonds is 5. The van der Waals surface area contributed by atoms with Crippen LogP contribution in [0.1, 0.15) is 17.5 Å². The Morgan fingerprint density at radius 2 is 2.00 bits per heavy atom. The molecule has 1 aromatic heterocycles. The summed E-state index contributed by atoms with van der Waals surface area (Å²) in [5.41, 5.74) is 9.75. The predicted octanol–water partition coefficient (Wildman–Crippen LogP) is 4.43. The van der Waals surface area contributed by atoms with Gasteiger partial charge in [-0.1, -0.05) is 30.3 Å². The van der Waals surface area contributed by atoms with Crippen molar-refractivity contribution >= 4 is 33.0 Å². The zero-order valence-electron chi connectivity index (χ0n) is 16.6. The molecule has 1 aliphatic rings. The topological polar surface area (TPSA) is 94.6 Å². The number of nitrogens with zero attached hydrogens (tertiary/aromatic N) is 2. The average Bonchev–Trinajstić information content (AvgIpc) is 2.84. The maximum absolute atomic E-state index is 10.6. The zero-order chi connectivity index (χ0) is 20.4. The fourth-order valence-corrected chi connectivity index (χ4v) is 5.40. The highest BCUT2D eigenvalue weighted by Gasteiger charge is 2.26. The Morgan fingerprint density at radius 1 is 1.17 bits per heavy atom. The van der Waals surface area contributed by atoms with Crippen molar-refractivity contribution in [3.05, 3.63) is 59.7 Å². The summed E-state index contributed by atoms with van der Waals surface area (Å²) in [4.78, 5) is 7.71. The van der Waals surface area contributed by atoms with E-state index in [0.29, 0.717) is 30.3 Å². The standard InChI is InChI=1S/C22H28N4O2S/c1-16-6-4-8-18-22(16)19(24-11-5-10-23)14-21(25-18)26-12-13-29(27,28)20-9-3-2-7-17(20)15-26/h2-4,6-9,14,27-28H,5,10-13,15,23H2,1H3,(H,24,25). The van der Waals surface area contributed by atoms with Crippen molar-refractivity contribution in [3.63, 3.8) is 0 Å². The molecule has 0 saturated heterocycles. The summed E-state index contributed by atoms with van der Waals surface area (Å²) < 4.78 is 21.3. The molecule has 3 aromatic rings. The van der Waals surface area contributed by atoms with Crippen molar-refractivity contribution in [1.82, 2.24) is 4.98 Å².